The van der Waals surface area contributed by atoms with Crippen LogP contribution >= 0.6 is 11.3 Å². The van der Waals surface area contributed by atoms with E-state index in [-0.39, 0.29) is 6.04 Å². The van der Waals surface area contributed by atoms with Crippen LogP contribution in [0.1, 0.15) is 30.6 Å². The summed E-state index contributed by atoms with van der Waals surface area (Å²) in [4.78, 5) is 10.2. The quantitative estimate of drug-likeness (QED) is 0.472. The molecule has 0 bridgehead atoms. The first-order chi connectivity index (χ1) is 11.8. The average molecular weight is 344 g/mol. The van der Waals surface area contributed by atoms with Crippen molar-refractivity contribution in [1.82, 2.24) is 25.8 Å². The Balaban J connectivity index is 1.65. The van der Waals surface area contributed by atoms with E-state index < -0.39 is 0 Å². The van der Waals surface area contributed by atoms with E-state index in [9.17, 15) is 0 Å². The lowest BCUT2D eigenvalue weighted by Crippen LogP contribution is -2.38. The number of aromatic nitrogens is 3. The third-order valence-electron chi connectivity index (χ3n) is 3.33. The molecule has 3 aromatic rings. The molecule has 1 unspecified atom stereocenters. The third-order valence-corrected chi connectivity index (χ3v) is 4.38. The second-order valence-corrected chi connectivity index (χ2v) is 6.14. The van der Waals surface area contributed by atoms with E-state index in [2.05, 4.69) is 49.2 Å². The minimum atomic E-state index is 0.191. The van der Waals surface area contributed by atoms with Crippen LogP contribution in [0.5, 0.6) is 0 Å². The zero-order chi connectivity index (χ0) is 16.8. The van der Waals surface area contributed by atoms with Crippen molar-refractivity contribution >= 4 is 17.3 Å². The first kappa shape index (κ1) is 16.3. The highest BCUT2D eigenvalue weighted by Gasteiger charge is 2.10. The Morgan fingerprint density at radius 1 is 1.42 bits per heavy atom. The van der Waals surface area contributed by atoms with Crippen LogP contribution in [0.25, 0.3) is 11.6 Å². The molecule has 0 aliphatic carbocycles. The molecule has 0 spiro atoms. The molecule has 3 heterocycles. The van der Waals surface area contributed by atoms with Crippen molar-refractivity contribution in [2.24, 2.45) is 4.99 Å². The maximum Gasteiger partial charge on any atom is 0.216 e. The fraction of sp³-hybridized carbons (Fsp3) is 0.312. The second-order valence-electron chi connectivity index (χ2n) is 5.16. The predicted molar refractivity (Wildman–Crippen MR) is 94.8 cm³/mol. The summed E-state index contributed by atoms with van der Waals surface area (Å²) >= 11 is 1.72. The van der Waals surface area contributed by atoms with E-state index in [0.717, 1.165) is 12.5 Å². The molecule has 0 aliphatic heterocycles. The van der Waals surface area contributed by atoms with Crippen LogP contribution in [0, 0.1) is 0 Å². The Morgan fingerprint density at radius 3 is 3.04 bits per heavy atom. The standard InChI is InChI=1S/C16H20N6OS/c1-3-17-16(19-11(2)13-7-5-9-24-13)18-10-14-20-15(22-21-14)12-6-4-8-23-12/h4-9,11H,3,10H2,1-2H3,(H2,17,18,19)(H,20,21,22). The fourth-order valence-corrected chi connectivity index (χ4v) is 2.90. The fourth-order valence-electron chi connectivity index (χ4n) is 2.17. The minimum Gasteiger partial charge on any atom is -0.461 e. The summed E-state index contributed by atoms with van der Waals surface area (Å²) in [5.74, 6) is 2.60. The molecule has 0 saturated heterocycles. The van der Waals surface area contributed by atoms with Crippen LogP contribution in [-0.4, -0.2) is 27.7 Å². The number of nitrogens with one attached hydrogen (secondary N) is 3. The number of furan rings is 1. The molecule has 0 radical (unpaired) electrons. The normalized spacial score (nSPS) is 13.0. The van der Waals surface area contributed by atoms with Gasteiger partial charge in [-0.05, 0) is 37.4 Å². The van der Waals surface area contributed by atoms with Crippen molar-refractivity contribution < 1.29 is 4.42 Å². The largest absolute Gasteiger partial charge is 0.461 e. The van der Waals surface area contributed by atoms with E-state index in [0.29, 0.717) is 24.0 Å². The molecule has 0 fully saturated rings. The van der Waals surface area contributed by atoms with Crippen LogP contribution < -0.4 is 10.6 Å². The lowest BCUT2D eigenvalue weighted by molar-refractivity contribution is 0.577. The van der Waals surface area contributed by atoms with E-state index >= 15 is 0 Å². The SMILES string of the molecule is CCNC(=NCc1nc(-c2ccco2)n[nH]1)NC(C)c1cccs1. The number of hydrogen-bond acceptors (Lipinski definition) is 5. The Bertz CT molecular complexity index is 762. The first-order valence-electron chi connectivity index (χ1n) is 7.79. The number of nitrogens with zero attached hydrogens (tertiary/aromatic N) is 3. The van der Waals surface area contributed by atoms with E-state index in [1.165, 1.54) is 4.88 Å². The maximum absolute atomic E-state index is 5.29. The molecule has 8 heteroatoms. The van der Waals surface area contributed by atoms with Gasteiger partial charge in [0.15, 0.2) is 11.7 Å². The molecule has 0 amide bonds. The van der Waals surface area contributed by atoms with Crippen LogP contribution in [-0.2, 0) is 6.54 Å². The van der Waals surface area contributed by atoms with Crippen LogP contribution in [0.4, 0.5) is 0 Å². The van der Waals surface area contributed by atoms with Crippen molar-refractivity contribution in [1.29, 1.82) is 0 Å². The van der Waals surface area contributed by atoms with Gasteiger partial charge in [0.2, 0.25) is 5.82 Å². The zero-order valence-electron chi connectivity index (χ0n) is 13.6. The van der Waals surface area contributed by atoms with Crippen molar-refractivity contribution in [3.05, 3.63) is 46.6 Å². The third kappa shape index (κ3) is 4.02. The summed E-state index contributed by atoms with van der Waals surface area (Å²) < 4.78 is 5.29. The van der Waals surface area contributed by atoms with Gasteiger partial charge in [-0.25, -0.2) is 9.98 Å². The van der Waals surface area contributed by atoms with Crippen molar-refractivity contribution in [2.45, 2.75) is 26.4 Å². The summed E-state index contributed by atoms with van der Waals surface area (Å²) in [6, 6.07) is 7.98. The Labute approximate surface area is 144 Å². The number of aromatic amines is 1. The Kier molecular flexibility index (Phi) is 5.27. The molecular formula is C16H20N6OS. The van der Waals surface area contributed by atoms with Gasteiger partial charge in [-0.1, -0.05) is 6.07 Å². The highest BCUT2D eigenvalue weighted by molar-refractivity contribution is 7.10. The van der Waals surface area contributed by atoms with Crippen LogP contribution in [0.3, 0.4) is 0 Å². The summed E-state index contributed by atoms with van der Waals surface area (Å²) in [6.07, 6.45) is 1.60. The molecule has 1 atom stereocenters. The first-order valence-corrected chi connectivity index (χ1v) is 8.67. The molecule has 3 N–H and O–H groups in total. The average Bonchev–Trinajstić information content (AvgIpc) is 3.34. The maximum atomic E-state index is 5.29. The Hall–Kier alpha value is -2.61. The molecule has 126 valence electrons. The number of aliphatic imine (C=N–C) groups is 1. The summed E-state index contributed by atoms with van der Waals surface area (Å²) in [5.41, 5.74) is 0. The summed E-state index contributed by atoms with van der Waals surface area (Å²) in [6.45, 7) is 5.34. The van der Waals surface area contributed by atoms with Gasteiger partial charge in [0.25, 0.3) is 0 Å². The lowest BCUT2D eigenvalue weighted by Gasteiger charge is -2.16. The number of thiophene rings is 1. The summed E-state index contributed by atoms with van der Waals surface area (Å²) in [7, 11) is 0. The molecule has 0 saturated carbocycles. The molecule has 24 heavy (non-hydrogen) atoms. The molecule has 0 aliphatic rings. The van der Waals surface area contributed by atoms with Gasteiger partial charge in [0.1, 0.15) is 12.4 Å². The van der Waals surface area contributed by atoms with Gasteiger partial charge in [-0.2, -0.15) is 0 Å². The van der Waals surface area contributed by atoms with Gasteiger partial charge in [0, 0.05) is 11.4 Å². The van der Waals surface area contributed by atoms with Crippen LogP contribution in [0.15, 0.2) is 45.3 Å². The lowest BCUT2D eigenvalue weighted by atomic mass is 10.3. The molecule has 3 rings (SSSR count). The molecule has 7 nitrogen and oxygen atoms in total. The van der Waals surface area contributed by atoms with Crippen molar-refractivity contribution in [3.8, 4) is 11.6 Å². The monoisotopic (exact) mass is 344 g/mol. The van der Waals surface area contributed by atoms with Crippen molar-refractivity contribution in [3.63, 3.8) is 0 Å². The van der Waals surface area contributed by atoms with Gasteiger partial charge in [-0.3, -0.25) is 5.10 Å². The second kappa shape index (κ2) is 7.78. The van der Waals surface area contributed by atoms with Crippen LogP contribution in [0.2, 0.25) is 0 Å². The zero-order valence-corrected chi connectivity index (χ0v) is 14.4. The number of H-pyrrole nitrogens is 1. The highest BCUT2D eigenvalue weighted by Crippen LogP contribution is 2.18. The van der Waals surface area contributed by atoms with Gasteiger partial charge >= 0.3 is 0 Å². The van der Waals surface area contributed by atoms with E-state index in [4.69, 9.17) is 4.42 Å². The topological polar surface area (TPSA) is 91.1 Å². The highest BCUT2D eigenvalue weighted by atomic mass is 32.1. The molecule has 0 aromatic carbocycles. The van der Waals surface area contributed by atoms with Gasteiger partial charge in [-0.15, -0.1) is 16.4 Å². The van der Waals surface area contributed by atoms with E-state index in [1.807, 2.05) is 25.1 Å². The number of hydrogen-bond donors (Lipinski definition) is 3. The minimum absolute atomic E-state index is 0.191. The smallest absolute Gasteiger partial charge is 0.216 e. The van der Waals surface area contributed by atoms with Gasteiger partial charge in [0.05, 0.1) is 12.3 Å². The number of guanidine groups is 1. The predicted octanol–water partition coefficient (Wildman–Crippen LogP) is 2.94. The van der Waals surface area contributed by atoms with Crippen molar-refractivity contribution in [2.75, 3.05) is 6.54 Å². The summed E-state index contributed by atoms with van der Waals surface area (Å²) in [5, 5.41) is 15.7. The van der Waals surface area contributed by atoms with E-state index in [1.54, 1.807) is 17.6 Å². The molecular weight excluding hydrogens is 324 g/mol. The Morgan fingerprint density at radius 2 is 2.33 bits per heavy atom. The van der Waals surface area contributed by atoms with Gasteiger partial charge < -0.3 is 15.1 Å². The number of rotatable bonds is 6. The molecule has 3 aromatic heterocycles.